The molecule has 18 heavy (non-hydrogen) atoms. The number of hydrogen-bond donors (Lipinski definition) is 2. The first-order chi connectivity index (χ1) is 8.49. The topological polar surface area (TPSA) is 89.3 Å². The molecule has 0 fully saturated rings. The monoisotopic (exact) mass is 248 g/mol. The third-order valence-electron chi connectivity index (χ3n) is 2.79. The maximum atomic E-state index is 11.7. The standard InChI is InChI=1S/C13H16N2O3/c1-8(16)11(10-6-4-3-5-7-10)12(9(2)17)13(18)15-14/h3-7,11-12H,14H2,1-2H3,(H,15,18). The molecule has 1 aromatic carbocycles. The highest BCUT2D eigenvalue weighted by molar-refractivity contribution is 6.05. The summed E-state index contributed by atoms with van der Waals surface area (Å²) in [6, 6.07) is 8.73. The lowest BCUT2D eigenvalue weighted by molar-refractivity contribution is -0.137. The highest BCUT2D eigenvalue weighted by atomic mass is 16.2. The van der Waals surface area contributed by atoms with Gasteiger partial charge in [-0.25, -0.2) is 5.84 Å². The summed E-state index contributed by atoms with van der Waals surface area (Å²) >= 11 is 0. The Morgan fingerprint density at radius 1 is 1.06 bits per heavy atom. The minimum Gasteiger partial charge on any atom is -0.299 e. The summed E-state index contributed by atoms with van der Waals surface area (Å²) in [5.41, 5.74) is 2.57. The van der Waals surface area contributed by atoms with Crippen LogP contribution in [-0.4, -0.2) is 17.5 Å². The van der Waals surface area contributed by atoms with E-state index in [1.165, 1.54) is 13.8 Å². The van der Waals surface area contributed by atoms with Crippen molar-refractivity contribution in [3.05, 3.63) is 35.9 Å². The van der Waals surface area contributed by atoms with Crippen molar-refractivity contribution in [2.24, 2.45) is 11.8 Å². The summed E-state index contributed by atoms with van der Waals surface area (Å²) in [4.78, 5) is 35.0. The number of nitrogens with one attached hydrogen (secondary N) is 1. The van der Waals surface area contributed by atoms with Gasteiger partial charge in [-0.2, -0.15) is 0 Å². The molecule has 2 atom stereocenters. The molecule has 0 aromatic heterocycles. The second-order valence-electron chi connectivity index (χ2n) is 4.10. The van der Waals surface area contributed by atoms with Gasteiger partial charge in [0.1, 0.15) is 17.5 Å². The second-order valence-corrected chi connectivity index (χ2v) is 4.10. The van der Waals surface area contributed by atoms with Crippen LogP contribution in [0.2, 0.25) is 0 Å². The Balaban J connectivity index is 3.22. The van der Waals surface area contributed by atoms with E-state index in [-0.39, 0.29) is 11.6 Å². The zero-order valence-corrected chi connectivity index (χ0v) is 10.3. The molecule has 5 nitrogen and oxygen atoms in total. The molecule has 0 aliphatic heterocycles. The van der Waals surface area contributed by atoms with Gasteiger partial charge in [-0.05, 0) is 19.4 Å². The summed E-state index contributed by atoms with van der Waals surface area (Å²) in [6.07, 6.45) is 0. The van der Waals surface area contributed by atoms with E-state index in [2.05, 4.69) is 0 Å². The second kappa shape index (κ2) is 6.07. The van der Waals surface area contributed by atoms with Gasteiger partial charge >= 0.3 is 0 Å². The molecular weight excluding hydrogens is 232 g/mol. The summed E-state index contributed by atoms with van der Waals surface area (Å²) in [7, 11) is 0. The fraction of sp³-hybridized carbons (Fsp3) is 0.308. The van der Waals surface area contributed by atoms with E-state index < -0.39 is 17.7 Å². The lowest BCUT2D eigenvalue weighted by Gasteiger charge is -2.21. The molecule has 1 aromatic rings. The van der Waals surface area contributed by atoms with Crippen LogP contribution in [0.15, 0.2) is 30.3 Å². The van der Waals surface area contributed by atoms with E-state index in [0.29, 0.717) is 5.56 Å². The van der Waals surface area contributed by atoms with Crippen molar-refractivity contribution >= 4 is 17.5 Å². The highest BCUT2D eigenvalue weighted by Gasteiger charge is 2.35. The third-order valence-corrected chi connectivity index (χ3v) is 2.79. The predicted molar refractivity (Wildman–Crippen MR) is 66.4 cm³/mol. The summed E-state index contributed by atoms with van der Waals surface area (Å²) in [6.45, 7) is 2.64. The van der Waals surface area contributed by atoms with Crippen LogP contribution < -0.4 is 11.3 Å². The number of hydrazine groups is 1. The molecular formula is C13H16N2O3. The Labute approximate surface area is 105 Å². The molecule has 0 aliphatic rings. The van der Waals surface area contributed by atoms with Gasteiger partial charge in [-0.15, -0.1) is 0 Å². The highest BCUT2D eigenvalue weighted by Crippen LogP contribution is 2.26. The van der Waals surface area contributed by atoms with E-state index in [9.17, 15) is 14.4 Å². The van der Waals surface area contributed by atoms with Crippen LogP contribution in [-0.2, 0) is 14.4 Å². The Hall–Kier alpha value is -2.01. The van der Waals surface area contributed by atoms with Gasteiger partial charge in [0.2, 0.25) is 5.91 Å². The van der Waals surface area contributed by atoms with Crippen LogP contribution in [0.25, 0.3) is 0 Å². The minimum absolute atomic E-state index is 0.245. The molecule has 0 aliphatic carbocycles. The number of carbonyl (C=O) groups is 3. The molecule has 96 valence electrons. The number of rotatable bonds is 5. The molecule has 5 heteroatoms. The average Bonchev–Trinajstić information content (AvgIpc) is 2.35. The van der Waals surface area contributed by atoms with Crippen LogP contribution in [0.4, 0.5) is 0 Å². The Morgan fingerprint density at radius 3 is 2.00 bits per heavy atom. The van der Waals surface area contributed by atoms with E-state index in [0.717, 1.165) is 0 Å². The Morgan fingerprint density at radius 2 is 1.61 bits per heavy atom. The Kier molecular flexibility index (Phi) is 4.74. The number of ketones is 2. The average molecular weight is 248 g/mol. The number of nitrogens with two attached hydrogens (primary N) is 1. The van der Waals surface area contributed by atoms with Gasteiger partial charge in [0.25, 0.3) is 0 Å². The van der Waals surface area contributed by atoms with Crippen molar-refractivity contribution in [1.29, 1.82) is 0 Å². The first-order valence-electron chi connectivity index (χ1n) is 5.55. The molecule has 0 heterocycles. The van der Waals surface area contributed by atoms with Crippen LogP contribution >= 0.6 is 0 Å². The third kappa shape index (κ3) is 3.01. The number of amides is 1. The van der Waals surface area contributed by atoms with Gasteiger partial charge < -0.3 is 0 Å². The normalized spacial score (nSPS) is 13.5. The van der Waals surface area contributed by atoms with Crippen molar-refractivity contribution in [2.75, 3.05) is 0 Å². The lowest BCUT2D eigenvalue weighted by atomic mass is 9.80. The first kappa shape index (κ1) is 14.1. The van der Waals surface area contributed by atoms with Crippen LogP contribution in [0, 0.1) is 5.92 Å². The fourth-order valence-corrected chi connectivity index (χ4v) is 1.98. The quantitative estimate of drug-likeness (QED) is 0.345. The summed E-state index contributed by atoms with van der Waals surface area (Å²) in [5, 5.41) is 0. The van der Waals surface area contributed by atoms with Crippen LogP contribution in [0.1, 0.15) is 25.3 Å². The first-order valence-corrected chi connectivity index (χ1v) is 5.55. The number of Topliss-reactive ketones (excluding diaryl/α,β-unsaturated/α-hetero) is 2. The maximum absolute atomic E-state index is 11.7. The number of hydrogen-bond acceptors (Lipinski definition) is 4. The molecule has 0 radical (unpaired) electrons. The number of carbonyl (C=O) groups excluding carboxylic acids is 3. The van der Waals surface area contributed by atoms with Crippen molar-refractivity contribution < 1.29 is 14.4 Å². The summed E-state index contributed by atoms with van der Waals surface area (Å²) < 4.78 is 0. The molecule has 0 spiro atoms. The van der Waals surface area contributed by atoms with Gasteiger partial charge in [0.05, 0.1) is 5.92 Å². The molecule has 0 saturated heterocycles. The van der Waals surface area contributed by atoms with Gasteiger partial charge in [-0.1, -0.05) is 30.3 Å². The SMILES string of the molecule is CC(=O)C(C(=O)NN)C(C(C)=O)c1ccccc1. The molecule has 0 saturated carbocycles. The molecule has 0 bridgehead atoms. The number of benzene rings is 1. The van der Waals surface area contributed by atoms with Gasteiger partial charge in [-0.3, -0.25) is 19.8 Å². The molecule has 2 unspecified atom stereocenters. The van der Waals surface area contributed by atoms with Crippen LogP contribution in [0.5, 0.6) is 0 Å². The van der Waals surface area contributed by atoms with Crippen molar-refractivity contribution in [1.82, 2.24) is 5.43 Å². The van der Waals surface area contributed by atoms with Crippen LogP contribution in [0.3, 0.4) is 0 Å². The van der Waals surface area contributed by atoms with E-state index in [4.69, 9.17) is 5.84 Å². The van der Waals surface area contributed by atoms with Crippen molar-refractivity contribution in [3.8, 4) is 0 Å². The lowest BCUT2D eigenvalue weighted by Crippen LogP contribution is -2.43. The van der Waals surface area contributed by atoms with Gasteiger partial charge in [0, 0.05) is 0 Å². The zero-order chi connectivity index (χ0) is 13.7. The smallest absolute Gasteiger partial charge is 0.245 e. The zero-order valence-electron chi connectivity index (χ0n) is 10.3. The van der Waals surface area contributed by atoms with Gasteiger partial charge in [0.15, 0.2) is 0 Å². The molecule has 1 amide bonds. The maximum Gasteiger partial charge on any atom is 0.245 e. The largest absolute Gasteiger partial charge is 0.299 e. The van der Waals surface area contributed by atoms with E-state index in [1.54, 1.807) is 30.3 Å². The van der Waals surface area contributed by atoms with Crippen molar-refractivity contribution in [3.63, 3.8) is 0 Å². The Bertz CT molecular complexity index is 457. The van der Waals surface area contributed by atoms with E-state index >= 15 is 0 Å². The predicted octanol–water partition coefficient (Wildman–Crippen LogP) is 0.554. The fourth-order valence-electron chi connectivity index (χ4n) is 1.98. The minimum atomic E-state index is -1.09. The molecule has 3 N–H and O–H groups in total. The van der Waals surface area contributed by atoms with E-state index in [1.807, 2.05) is 5.43 Å². The summed E-state index contributed by atoms with van der Waals surface area (Å²) in [5.74, 6) is 1.90. The molecule has 1 rings (SSSR count). The van der Waals surface area contributed by atoms with Crippen molar-refractivity contribution in [2.45, 2.75) is 19.8 Å².